The molecule has 108 valence electrons. The van der Waals surface area contributed by atoms with Gasteiger partial charge in [0.25, 0.3) is 0 Å². The molecule has 0 atom stereocenters. The second-order valence-corrected chi connectivity index (χ2v) is 6.57. The molecule has 20 heavy (non-hydrogen) atoms. The van der Waals surface area contributed by atoms with Crippen LogP contribution in [0, 0.1) is 11.3 Å². The molecule has 1 heterocycles. The van der Waals surface area contributed by atoms with Crippen LogP contribution < -0.4 is 10.5 Å². The number of nitrogens with zero attached hydrogens (tertiary/aromatic N) is 2. The van der Waals surface area contributed by atoms with Crippen molar-refractivity contribution in [2.75, 3.05) is 25.9 Å². The summed E-state index contributed by atoms with van der Waals surface area (Å²) in [5, 5.41) is 9.16. The smallest absolute Gasteiger partial charge is 0.244 e. The fraction of sp³-hybridized carbons (Fsp3) is 0.462. The third kappa shape index (κ3) is 2.57. The molecule has 0 aliphatic carbocycles. The number of piperidine rings is 1. The highest BCUT2D eigenvalue weighted by atomic mass is 32.2. The van der Waals surface area contributed by atoms with Gasteiger partial charge in [-0.05, 0) is 18.9 Å². The highest BCUT2D eigenvalue weighted by molar-refractivity contribution is 7.89. The minimum Gasteiger partial charge on any atom is -0.495 e. The van der Waals surface area contributed by atoms with Crippen molar-refractivity contribution in [3.63, 3.8) is 0 Å². The molecule has 0 aromatic heterocycles. The van der Waals surface area contributed by atoms with Gasteiger partial charge in [-0.15, -0.1) is 0 Å². The van der Waals surface area contributed by atoms with Gasteiger partial charge in [0, 0.05) is 19.2 Å². The molecule has 1 fully saturated rings. The Balaban J connectivity index is 2.51. The molecule has 0 radical (unpaired) electrons. The van der Waals surface area contributed by atoms with E-state index in [9.17, 15) is 8.42 Å². The SMILES string of the molecule is COc1cc(C#N)c(S(=O)(=O)N2CCCCC2)cc1N. The molecule has 1 aromatic carbocycles. The van der Waals surface area contributed by atoms with E-state index in [1.165, 1.54) is 23.5 Å². The van der Waals surface area contributed by atoms with E-state index < -0.39 is 10.0 Å². The van der Waals surface area contributed by atoms with Crippen molar-refractivity contribution in [3.05, 3.63) is 17.7 Å². The third-order valence-corrected chi connectivity index (χ3v) is 5.32. The predicted molar refractivity (Wildman–Crippen MR) is 74.7 cm³/mol. The Bertz CT molecular complexity index is 644. The summed E-state index contributed by atoms with van der Waals surface area (Å²) in [5.41, 5.74) is 6.03. The van der Waals surface area contributed by atoms with Crippen molar-refractivity contribution >= 4 is 15.7 Å². The average molecular weight is 295 g/mol. The fourth-order valence-corrected chi connectivity index (χ4v) is 3.97. The molecular formula is C13H17N3O3S. The number of methoxy groups -OCH3 is 1. The van der Waals surface area contributed by atoms with E-state index in [1.807, 2.05) is 6.07 Å². The lowest BCUT2D eigenvalue weighted by Gasteiger charge is -2.26. The zero-order valence-electron chi connectivity index (χ0n) is 11.3. The fourth-order valence-electron chi connectivity index (χ4n) is 2.30. The van der Waals surface area contributed by atoms with Crippen LogP contribution in [0.2, 0.25) is 0 Å². The number of benzene rings is 1. The molecule has 2 N–H and O–H groups in total. The first-order valence-corrected chi connectivity index (χ1v) is 7.82. The van der Waals surface area contributed by atoms with Gasteiger partial charge in [-0.1, -0.05) is 6.42 Å². The molecule has 1 aliphatic rings. The first kappa shape index (κ1) is 14.6. The molecular weight excluding hydrogens is 278 g/mol. The standard InChI is InChI=1S/C13H17N3O3S/c1-19-12-7-10(9-14)13(8-11(12)15)20(17,18)16-5-3-2-4-6-16/h7-8H,2-6,15H2,1H3. The number of hydrogen-bond donors (Lipinski definition) is 1. The molecule has 0 bridgehead atoms. The minimum atomic E-state index is -3.68. The number of nitrogens with two attached hydrogens (primary N) is 1. The van der Waals surface area contributed by atoms with E-state index in [0.29, 0.717) is 18.8 Å². The number of nitriles is 1. The summed E-state index contributed by atoms with van der Waals surface area (Å²) in [7, 11) is -2.25. The molecule has 7 heteroatoms. The van der Waals surface area contributed by atoms with E-state index in [0.717, 1.165) is 19.3 Å². The summed E-state index contributed by atoms with van der Waals surface area (Å²) in [5.74, 6) is 0.305. The van der Waals surface area contributed by atoms with Crippen molar-refractivity contribution < 1.29 is 13.2 Å². The predicted octanol–water partition coefficient (Wildman–Crippen LogP) is 1.32. The lowest BCUT2D eigenvalue weighted by Crippen LogP contribution is -2.36. The number of ether oxygens (including phenoxy) is 1. The van der Waals surface area contributed by atoms with Crippen LogP contribution in [0.15, 0.2) is 17.0 Å². The van der Waals surface area contributed by atoms with Crippen LogP contribution in [-0.2, 0) is 10.0 Å². The quantitative estimate of drug-likeness (QED) is 0.848. The van der Waals surface area contributed by atoms with Crippen molar-refractivity contribution in [2.45, 2.75) is 24.2 Å². The van der Waals surface area contributed by atoms with Crippen LogP contribution in [0.3, 0.4) is 0 Å². The summed E-state index contributed by atoms with van der Waals surface area (Å²) >= 11 is 0. The zero-order valence-corrected chi connectivity index (χ0v) is 12.1. The maximum absolute atomic E-state index is 12.6. The molecule has 2 rings (SSSR count). The first-order valence-electron chi connectivity index (χ1n) is 6.38. The second kappa shape index (κ2) is 5.69. The summed E-state index contributed by atoms with van der Waals surface area (Å²) in [6.45, 7) is 0.971. The van der Waals surface area contributed by atoms with Gasteiger partial charge >= 0.3 is 0 Å². The van der Waals surface area contributed by atoms with Crippen LogP contribution in [0.1, 0.15) is 24.8 Å². The number of sulfonamides is 1. The van der Waals surface area contributed by atoms with Crippen molar-refractivity contribution in [3.8, 4) is 11.8 Å². The van der Waals surface area contributed by atoms with E-state index in [1.54, 1.807) is 0 Å². The maximum atomic E-state index is 12.6. The Morgan fingerprint density at radius 3 is 2.50 bits per heavy atom. The number of nitrogen functional groups attached to an aromatic ring is 1. The van der Waals surface area contributed by atoms with Crippen LogP contribution in [0.25, 0.3) is 0 Å². The molecule has 0 amide bonds. The monoisotopic (exact) mass is 295 g/mol. The Hall–Kier alpha value is -1.78. The van der Waals surface area contributed by atoms with Gasteiger partial charge in [0.2, 0.25) is 10.0 Å². The summed E-state index contributed by atoms with van der Waals surface area (Å²) in [6, 6.07) is 4.58. The molecule has 1 aromatic rings. The highest BCUT2D eigenvalue weighted by Crippen LogP contribution is 2.30. The van der Waals surface area contributed by atoms with Gasteiger partial charge in [0.15, 0.2) is 0 Å². The topological polar surface area (TPSA) is 96.4 Å². The van der Waals surface area contributed by atoms with Crippen molar-refractivity contribution in [2.24, 2.45) is 0 Å². The van der Waals surface area contributed by atoms with Gasteiger partial charge in [-0.2, -0.15) is 9.57 Å². The zero-order chi connectivity index (χ0) is 14.8. The Morgan fingerprint density at radius 2 is 1.95 bits per heavy atom. The normalized spacial score (nSPS) is 16.6. The average Bonchev–Trinajstić information content (AvgIpc) is 2.47. The van der Waals surface area contributed by atoms with Crippen molar-refractivity contribution in [1.82, 2.24) is 4.31 Å². The third-order valence-electron chi connectivity index (χ3n) is 3.39. The largest absolute Gasteiger partial charge is 0.495 e. The number of rotatable bonds is 3. The van der Waals surface area contributed by atoms with Crippen LogP contribution in [0.5, 0.6) is 5.75 Å². The van der Waals surface area contributed by atoms with Gasteiger partial charge < -0.3 is 10.5 Å². The Kier molecular flexibility index (Phi) is 4.16. The maximum Gasteiger partial charge on any atom is 0.244 e. The van der Waals surface area contributed by atoms with E-state index in [4.69, 9.17) is 15.7 Å². The molecule has 0 saturated carbocycles. The lowest BCUT2D eigenvalue weighted by atomic mass is 10.2. The van der Waals surface area contributed by atoms with Gasteiger partial charge in [-0.25, -0.2) is 8.42 Å². The van der Waals surface area contributed by atoms with Crippen LogP contribution >= 0.6 is 0 Å². The van der Waals surface area contributed by atoms with Crippen LogP contribution in [0.4, 0.5) is 5.69 Å². The van der Waals surface area contributed by atoms with Crippen molar-refractivity contribution in [1.29, 1.82) is 5.26 Å². The van der Waals surface area contributed by atoms with E-state index in [-0.39, 0.29) is 16.1 Å². The molecule has 1 saturated heterocycles. The van der Waals surface area contributed by atoms with Gasteiger partial charge in [-0.3, -0.25) is 0 Å². The number of anilines is 1. The summed E-state index contributed by atoms with van der Waals surface area (Å²) in [6.07, 6.45) is 2.71. The molecule has 6 nitrogen and oxygen atoms in total. The second-order valence-electron chi connectivity index (χ2n) is 4.67. The minimum absolute atomic E-state index is 0.0415. The molecule has 0 unspecified atom stereocenters. The lowest BCUT2D eigenvalue weighted by molar-refractivity contribution is 0.346. The first-order chi connectivity index (χ1) is 9.50. The Morgan fingerprint density at radius 1 is 1.30 bits per heavy atom. The summed E-state index contributed by atoms with van der Waals surface area (Å²) in [4.78, 5) is -0.0415. The molecule has 1 aliphatic heterocycles. The summed E-state index contributed by atoms with van der Waals surface area (Å²) < 4.78 is 31.6. The molecule has 0 spiro atoms. The van der Waals surface area contributed by atoms with Gasteiger partial charge in [0.05, 0.1) is 18.4 Å². The Labute approximate surface area is 118 Å². The number of hydrogen-bond acceptors (Lipinski definition) is 5. The highest BCUT2D eigenvalue weighted by Gasteiger charge is 2.29. The van der Waals surface area contributed by atoms with E-state index >= 15 is 0 Å². The van der Waals surface area contributed by atoms with Gasteiger partial charge in [0.1, 0.15) is 16.7 Å². The van der Waals surface area contributed by atoms with Crippen LogP contribution in [-0.4, -0.2) is 32.9 Å². The van der Waals surface area contributed by atoms with E-state index in [2.05, 4.69) is 0 Å².